The van der Waals surface area contributed by atoms with Crippen LogP contribution in [0.1, 0.15) is 29.6 Å². The molecule has 2 heterocycles. The maximum atomic E-state index is 14.1. The monoisotopic (exact) mass is 418 g/mol. The fourth-order valence-electron chi connectivity index (χ4n) is 3.61. The number of halogens is 1. The topological polar surface area (TPSA) is 65.5 Å². The van der Waals surface area contributed by atoms with Crippen LogP contribution in [0.3, 0.4) is 0 Å². The molecule has 6 nitrogen and oxygen atoms in total. The summed E-state index contributed by atoms with van der Waals surface area (Å²) in [5.41, 5.74) is 1.48. The van der Waals surface area contributed by atoms with Crippen molar-refractivity contribution in [3.05, 3.63) is 51.7 Å². The predicted octanol–water partition coefficient (Wildman–Crippen LogP) is 2.37. The molecular formula is C21H27FN4O2S. The van der Waals surface area contributed by atoms with Crippen LogP contribution in [0.2, 0.25) is 0 Å². The Balaban J connectivity index is 1.64. The van der Waals surface area contributed by atoms with Gasteiger partial charge >= 0.3 is 0 Å². The molecule has 1 aromatic carbocycles. The standard InChI is InChI=1S/C21H27FN4O2S/c1-15(27)23-20(12-17-6-3-4-7-19(17)22)21(28)26-9-5-8-25(10-11-26)13-18-14-29-16(2)24-18/h3-4,6-7,14,20H,5,8-13H2,1-2H3,(H,23,27). The predicted molar refractivity (Wildman–Crippen MR) is 111 cm³/mol. The highest BCUT2D eigenvalue weighted by molar-refractivity contribution is 7.09. The number of hydrogen-bond acceptors (Lipinski definition) is 5. The van der Waals surface area contributed by atoms with E-state index < -0.39 is 6.04 Å². The Labute approximate surface area is 174 Å². The highest BCUT2D eigenvalue weighted by Gasteiger charge is 2.28. The highest BCUT2D eigenvalue weighted by atomic mass is 32.1. The summed E-state index contributed by atoms with van der Waals surface area (Å²) in [6.45, 7) is 6.98. The molecule has 1 aromatic heterocycles. The van der Waals surface area contributed by atoms with Crippen molar-refractivity contribution in [3.8, 4) is 0 Å². The van der Waals surface area contributed by atoms with Crippen molar-refractivity contribution in [2.24, 2.45) is 0 Å². The zero-order chi connectivity index (χ0) is 20.8. The summed E-state index contributed by atoms with van der Waals surface area (Å²) >= 11 is 1.64. The first-order chi connectivity index (χ1) is 13.9. The molecule has 2 aromatic rings. The summed E-state index contributed by atoms with van der Waals surface area (Å²) in [5.74, 6) is -0.818. The molecule has 1 unspecified atom stereocenters. The van der Waals surface area contributed by atoms with Gasteiger partial charge in [-0.1, -0.05) is 18.2 Å². The van der Waals surface area contributed by atoms with E-state index in [-0.39, 0.29) is 24.1 Å². The number of amides is 2. The van der Waals surface area contributed by atoms with Gasteiger partial charge in [0.15, 0.2) is 0 Å². The van der Waals surface area contributed by atoms with Gasteiger partial charge in [0.2, 0.25) is 11.8 Å². The summed E-state index contributed by atoms with van der Waals surface area (Å²) in [7, 11) is 0. The van der Waals surface area contributed by atoms with Crippen LogP contribution in [-0.4, -0.2) is 58.8 Å². The Kier molecular flexibility index (Phi) is 7.33. The molecule has 1 fully saturated rings. The minimum absolute atomic E-state index is 0.142. The van der Waals surface area contributed by atoms with E-state index in [0.29, 0.717) is 18.7 Å². The van der Waals surface area contributed by atoms with E-state index in [4.69, 9.17) is 0 Å². The lowest BCUT2D eigenvalue weighted by atomic mass is 10.0. The first-order valence-corrected chi connectivity index (χ1v) is 10.7. The van der Waals surface area contributed by atoms with Gasteiger partial charge in [-0.05, 0) is 25.0 Å². The zero-order valence-corrected chi connectivity index (χ0v) is 17.7. The third-order valence-electron chi connectivity index (χ3n) is 5.01. The smallest absolute Gasteiger partial charge is 0.245 e. The Hall–Kier alpha value is -2.32. The van der Waals surface area contributed by atoms with Crippen molar-refractivity contribution in [2.45, 2.75) is 39.3 Å². The Morgan fingerprint density at radius 1 is 1.24 bits per heavy atom. The van der Waals surface area contributed by atoms with Crippen molar-refractivity contribution in [3.63, 3.8) is 0 Å². The molecule has 1 saturated heterocycles. The molecule has 1 aliphatic heterocycles. The fourth-order valence-corrected chi connectivity index (χ4v) is 4.21. The molecule has 2 amide bonds. The van der Waals surface area contributed by atoms with Crippen molar-refractivity contribution in [1.82, 2.24) is 20.1 Å². The Bertz CT molecular complexity index is 857. The number of rotatable bonds is 6. The van der Waals surface area contributed by atoms with Crippen molar-refractivity contribution >= 4 is 23.2 Å². The molecule has 29 heavy (non-hydrogen) atoms. The van der Waals surface area contributed by atoms with Gasteiger partial charge in [0.1, 0.15) is 11.9 Å². The lowest BCUT2D eigenvalue weighted by Gasteiger charge is -2.27. The minimum Gasteiger partial charge on any atom is -0.344 e. The van der Waals surface area contributed by atoms with Crippen LogP contribution < -0.4 is 5.32 Å². The molecule has 156 valence electrons. The fraction of sp³-hybridized carbons (Fsp3) is 0.476. The number of benzene rings is 1. The summed E-state index contributed by atoms with van der Waals surface area (Å²) in [6, 6.07) is 5.60. The maximum Gasteiger partial charge on any atom is 0.245 e. The van der Waals surface area contributed by atoms with Crippen LogP contribution in [0.5, 0.6) is 0 Å². The third kappa shape index (κ3) is 6.08. The SMILES string of the molecule is CC(=O)NC(Cc1ccccc1F)C(=O)N1CCCN(Cc2csc(C)n2)CC1. The van der Waals surface area contributed by atoms with Crippen LogP contribution in [-0.2, 0) is 22.6 Å². The number of nitrogens with one attached hydrogen (secondary N) is 1. The molecule has 0 bridgehead atoms. The average molecular weight is 419 g/mol. The van der Waals surface area contributed by atoms with Crippen molar-refractivity contribution in [1.29, 1.82) is 0 Å². The first-order valence-electron chi connectivity index (χ1n) is 9.85. The second kappa shape index (κ2) is 9.93. The molecule has 0 spiro atoms. The molecule has 1 aliphatic rings. The molecule has 0 aliphatic carbocycles. The first kappa shape index (κ1) is 21.4. The van der Waals surface area contributed by atoms with E-state index in [1.54, 1.807) is 34.4 Å². The maximum absolute atomic E-state index is 14.1. The van der Waals surface area contributed by atoms with E-state index in [0.717, 1.165) is 36.8 Å². The van der Waals surface area contributed by atoms with E-state index in [1.165, 1.54) is 13.0 Å². The summed E-state index contributed by atoms with van der Waals surface area (Å²) < 4.78 is 14.1. The lowest BCUT2D eigenvalue weighted by Crippen LogP contribution is -2.50. The van der Waals surface area contributed by atoms with Gasteiger partial charge in [0.25, 0.3) is 0 Å². The molecule has 1 N–H and O–H groups in total. The number of hydrogen-bond donors (Lipinski definition) is 1. The van der Waals surface area contributed by atoms with E-state index >= 15 is 0 Å². The Morgan fingerprint density at radius 2 is 2.03 bits per heavy atom. The number of carbonyl (C=O) groups is 2. The third-order valence-corrected chi connectivity index (χ3v) is 5.83. The molecule has 8 heteroatoms. The average Bonchev–Trinajstić information content (AvgIpc) is 2.94. The molecule has 1 atom stereocenters. The van der Waals surface area contributed by atoms with Crippen LogP contribution in [0.25, 0.3) is 0 Å². The second-order valence-electron chi connectivity index (χ2n) is 7.36. The van der Waals surface area contributed by atoms with Gasteiger partial charge in [-0.25, -0.2) is 9.37 Å². The van der Waals surface area contributed by atoms with Crippen LogP contribution >= 0.6 is 11.3 Å². The van der Waals surface area contributed by atoms with Gasteiger partial charge in [-0.3, -0.25) is 14.5 Å². The van der Waals surface area contributed by atoms with E-state index in [9.17, 15) is 14.0 Å². The van der Waals surface area contributed by atoms with Gasteiger partial charge < -0.3 is 10.2 Å². The van der Waals surface area contributed by atoms with Gasteiger partial charge in [0.05, 0.1) is 10.7 Å². The van der Waals surface area contributed by atoms with E-state index in [2.05, 4.69) is 20.6 Å². The summed E-state index contributed by atoms with van der Waals surface area (Å²) in [6.07, 6.45) is 0.991. The molecule has 3 rings (SSSR count). The molecular weight excluding hydrogens is 391 g/mol. The molecule has 0 radical (unpaired) electrons. The zero-order valence-electron chi connectivity index (χ0n) is 16.9. The summed E-state index contributed by atoms with van der Waals surface area (Å²) in [5, 5.41) is 5.84. The number of aryl methyl sites for hydroxylation is 1. The van der Waals surface area contributed by atoms with Gasteiger partial charge in [-0.15, -0.1) is 11.3 Å². The van der Waals surface area contributed by atoms with E-state index in [1.807, 2.05) is 6.92 Å². The van der Waals surface area contributed by atoms with Crippen LogP contribution in [0, 0.1) is 12.7 Å². The number of nitrogens with zero attached hydrogens (tertiary/aromatic N) is 3. The van der Waals surface area contributed by atoms with Gasteiger partial charge in [0, 0.05) is 51.4 Å². The number of carbonyl (C=O) groups excluding carboxylic acids is 2. The summed E-state index contributed by atoms with van der Waals surface area (Å²) in [4.78, 5) is 33.4. The number of aromatic nitrogens is 1. The Morgan fingerprint density at radius 3 is 2.72 bits per heavy atom. The van der Waals surface area contributed by atoms with Crippen LogP contribution in [0.15, 0.2) is 29.6 Å². The minimum atomic E-state index is -0.767. The normalized spacial score (nSPS) is 16.3. The highest BCUT2D eigenvalue weighted by Crippen LogP contribution is 2.15. The van der Waals surface area contributed by atoms with Crippen LogP contribution in [0.4, 0.5) is 4.39 Å². The van der Waals surface area contributed by atoms with Crippen molar-refractivity contribution in [2.75, 3.05) is 26.2 Å². The van der Waals surface area contributed by atoms with Gasteiger partial charge in [-0.2, -0.15) is 0 Å². The van der Waals surface area contributed by atoms with Crippen molar-refractivity contribution < 1.29 is 14.0 Å². The number of thiazole rings is 1. The molecule has 0 saturated carbocycles. The second-order valence-corrected chi connectivity index (χ2v) is 8.42. The quantitative estimate of drug-likeness (QED) is 0.782. The lowest BCUT2D eigenvalue weighted by molar-refractivity contribution is -0.136. The largest absolute Gasteiger partial charge is 0.344 e.